The first-order valence-corrected chi connectivity index (χ1v) is 3.35. The van der Waals surface area contributed by atoms with Gasteiger partial charge >= 0.3 is 0 Å². The van der Waals surface area contributed by atoms with Gasteiger partial charge < -0.3 is 5.73 Å². The van der Waals surface area contributed by atoms with Gasteiger partial charge in [0.2, 0.25) is 5.91 Å². The molecule has 2 N–H and O–H groups in total. The van der Waals surface area contributed by atoms with E-state index in [1.807, 2.05) is 6.92 Å². The minimum atomic E-state index is -0.157. The van der Waals surface area contributed by atoms with Gasteiger partial charge in [-0.25, -0.2) is 0 Å². The zero-order valence-corrected chi connectivity index (χ0v) is 5.98. The van der Waals surface area contributed by atoms with Gasteiger partial charge in [-0.2, -0.15) is 0 Å². The molecule has 1 atom stereocenters. The van der Waals surface area contributed by atoms with Gasteiger partial charge in [-0.15, -0.1) is 0 Å². The van der Waals surface area contributed by atoms with E-state index in [1.54, 1.807) is 0 Å². The molecule has 1 unspecified atom stereocenters. The molecule has 1 saturated carbocycles. The molecule has 0 heterocycles. The lowest BCUT2D eigenvalue weighted by Gasteiger charge is -2.13. The molecule has 0 aromatic rings. The van der Waals surface area contributed by atoms with Crippen molar-refractivity contribution in [2.24, 2.45) is 17.1 Å². The first kappa shape index (κ1) is 6.59. The molecule has 1 fully saturated rings. The molecular weight excluding hydrogens is 114 g/mol. The van der Waals surface area contributed by atoms with Gasteiger partial charge in [0.25, 0.3) is 0 Å². The van der Waals surface area contributed by atoms with Crippen LogP contribution in [-0.2, 0) is 4.79 Å². The number of amides is 1. The monoisotopic (exact) mass is 127 g/mol. The van der Waals surface area contributed by atoms with E-state index in [-0.39, 0.29) is 17.2 Å². The fraction of sp³-hybridized carbons (Fsp3) is 0.857. The van der Waals surface area contributed by atoms with Gasteiger partial charge in [-0.1, -0.05) is 13.8 Å². The summed E-state index contributed by atoms with van der Waals surface area (Å²) in [5.74, 6) is -0.0903. The van der Waals surface area contributed by atoms with E-state index in [0.717, 1.165) is 12.8 Å². The number of primary amides is 1. The fourth-order valence-electron chi connectivity index (χ4n) is 0.974. The first-order valence-electron chi connectivity index (χ1n) is 3.35. The SMILES string of the molecule is CC(C(N)=O)C1(C)CC1. The lowest BCUT2D eigenvalue weighted by Crippen LogP contribution is -2.26. The van der Waals surface area contributed by atoms with E-state index >= 15 is 0 Å². The van der Waals surface area contributed by atoms with Gasteiger partial charge in [0, 0.05) is 5.92 Å². The summed E-state index contributed by atoms with van der Waals surface area (Å²) in [6, 6.07) is 0. The summed E-state index contributed by atoms with van der Waals surface area (Å²) < 4.78 is 0. The predicted octanol–water partition coefficient (Wildman–Crippen LogP) is 0.908. The van der Waals surface area contributed by atoms with Crippen LogP contribution in [0.2, 0.25) is 0 Å². The minimum absolute atomic E-state index is 0.0671. The second-order valence-corrected chi connectivity index (χ2v) is 3.28. The Labute approximate surface area is 55.4 Å². The summed E-state index contributed by atoms with van der Waals surface area (Å²) in [4.78, 5) is 10.6. The highest BCUT2D eigenvalue weighted by atomic mass is 16.1. The second kappa shape index (κ2) is 1.72. The van der Waals surface area contributed by atoms with E-state index in [0.29, 0.717) is 0 Å². The Hall–Kier alpha value is -0.530. The molecule has 9 heavy (non-hydrogen) atoms. The standard InChI is InChI=1S/C7H13NO/c1-5(6(8)9)7(2)3-4-7/h5H,3-4H2,1-2H3,(H2,8,9). The Morgan fingerprint density at radius 3 is 2.22 bits per heavy atom. The van der Waals surface area contributed by atoms with Crippen LogP contribution in [0.15, 0.2) is 0 Å². The molecule has 0 aromatic carbocycles. The van der Waals surface area contributed by atoms with Crippen LogP contribution >= 0.6 is 0 Å². The number of carbonyl (C=O) groups excluding carboxylic acids is 1. The number of hydrogen-bond donors (Lipinski definition) is 1. The summed E-state index contributed by atoms with van der Waals surface area (Å²) in [5.41, 5.74) is 5.38. The van der Waals surface area contributed by atoms with Crippen molar-refractivity contribution in [2.45, 2.75) is 26.7 Å². The summed E-state index contributed by atoms with van der Waals surface area (Å²) in [7, 11) is 0. The molecule has 0 spiro atoms. The quantitative estimate of drug-likeness (QED) is 0.588. The van der Waals surface area contributed by atoms with Crippen LogP contribution < -0.4 is 5.73 Å². The van der Waals surface area contributed by atoms with Gasteiger partial charge in [0.15, 0.2) is 0 Å². The van der Waals surface area contributed by atoms with Crippen molar-refractivity contribution in [3.63, 3.8) is 0 Å². The highest BCUT2D eigenvalue weighted by Crippen LogP contribution is 2.51. The highest BCUT2D eigenvalue weighted by Gasteiger charge is 2.44. The average molecular weight is 127 g/mol. The molecule has 0 radical (unpaired) electrons. The Bertz CT molecular complexity index is 138. The van der Waals surface area contributed by atoms with Crippen LogP contribution in [0, 0.1) is 11.3 Å². The summed E-state index contributed by atoms with van der Waals surface area (Å²) in [6.07, 6.45) is 2.33. The largest absolute Gasteiger partial charge is 0.369 e. The Morgan fingerprint density at radius 1 is 1.67 bits per heavy atom. The van der Waals surface area contributed by atoms with Crippen LogP contribution in [0.3, 0.4) is 0 Å². The molecule has 0 saturated heterocycles. The molecule has 2 heteroatoms. The van der Waals surface area contributed by atoms with Gasteiger partial charge in [0.1, 0.15) is 0 Å². The van der Waals surface area contributed by atoms with E-state index in [1.165, 1.54) is 0 Å². The molecule has 52 valence electrons. The molecule has 0 bridgehead atoms. The van der Waals surface area contributed by atoms with Crippen LogP contribution in [-0.4, -0.2) is 5.91 Å². The molecule has 1 rings (SSSR count). The molecule has 1 aliphatic rings. The van der Waals surface area contributed by atoms with Crippen molar-refractivity contribution in [2.75, 3.05) is 0 Å². The second-order valence-electron chi connectivity index (χ2n) is 3.28. The van der Waals surface area contributed by atoms with Crippen molar-refractivity contribution >= 4 is 5.91 Å². The Morgan fingerprint density at radius 2 is 2.11 bits per heavy atom. The predicted molar refractivity (Wildman–Crippen MR) is 35.7 cm³/mol. The third-order valence-corrected chi connectivity index (χ3v) is 2.51. The number of rotatable bonds is 2. The van der Waals surface area contributed by atoms with Crippen LogP contribution in [0.4, 0.5) is 0 Å². The maximum Gasteiger partial charge on any atom is 0.220 e. The number of carbonyl (C=O) groups is 1. The molecule has 0 aliphatic heterocycles. The highest BCUT2D eigenvalue weighted by molar-refractivity contribution is 5.77. The molecule has 2 nitrogen and oxygen atoms in total. The van der Waals surface area contributed by atoms with Crippen molar-refractivity contribution in [1.29, 1.82) is 0 Å². The van der Waals surface area contributed by atoms with Gasteiger partial charge in [0.05, 0.1) is 0 Å². The summed E-state index contributed by atoms with van der Waals surface area (Å²) >= 11 is 0. The average Bonchev–Trinajstić information content (AvgIpc) is 2.47. The lowest BCUT2D eigenvalue weighted by molar-refractivity contribution is -0.123. The van der Waals surface area contributed by atoms with Crippen molar-refractivity contribution in [3.05, 3.63) is 0 Å². The van der Waals surface area contributed by atoms with Crippen LogP contribution in [0.1, 0.15) is 26.7 Å². The first-order chi connectivity index (χ1) is 4.06. The summed E-state index contributed by atoms with van der Waals surface area (Å²) in [5, 5.41) is 0. The normalized spacial score (nSPS) is 25.1. The zero-order chi connectivity index (χ0) is 7.07. The van der Waals surface area contributed by atoms with E-state index < -0.39 is 0 Å². The number of nitrogens with two attached hydrogens (primary N) is 1. The van der Waals surface area contributed by atoms with E-state index in [9.17, 15) is 4.79 Å². The maximum absolute atomic E-state index is 10.6. The third-order valence-electron chi connectivity index (χ3n) is 2.51. The van der Waals surface area contributed by atoms with Crippen molar-refractivity contribution < 1.29 is 4.79 Å². The molecule has 0 aromatic heterocycles. The zero-order valence-electron chi connectivity index (χ0n) is 5.98. The summed E-state index contributed by atoms with van der Waals surface area (Å²) in [6.45, 7) is 4.03. The molecular formula is C7H13NO. The lowest BCUT2D eigenvalue weighted by atomic mass is 9.92. The van der Waals surface area contributed by atoms with Crippen molar-refractivity contribution in [1.82, 2.24) is 0 Å². The maximum atomic E-state index is 10.6. The van der Waals surface area contributed by atoms with E-state index in [4.69, 9.17) is 5.73 Å². The third kappa shape index (κ3) is 1.07. The Balaban J connectivity index is 2.52. The van der Waals surface area contributed by atoms with Gasteiger partial charge in [-0.3, -0.25) is 4.79 Å². The number of hydrogen-bond acceptors (Lipinski definition) is 1. The fourth-order valence-corrected chi connectivity index (χ4v) is 0.974. The van der Waals surface area contributed by atoms with Crippen molar-refractivity contribution in [3.8, 4) is 0 Å². The Kier molecular flexibility index (Phi) is 1.26. The molecule has 1 aliphatic carbocycles. The van der Waals surface area contributed by atoms with E-state index in [2.05, 4.69) is 6.92 Å². The van der Waals surface area contributed by atoms with Crippen LogP contribution in [0.5, 0.6) is 0 Å². The van der Waals surface area contributed by atoms with Gasteiger partial charge in [-0.05, 0) is 18.3 Å². The van der Waals surface area contributed by atoms with Crippen LogP contribution in [0.25, 0.3) is 0 Å². The minimum Gasteiger partial charge on any atom is -0.369 e. The topological polar surface area (TPSA) is 43.1 Å². The smallest absolute Gasteiger partial charge is 0.220 e. The molecule has 1 amide bonds.